The number of nitrogens with one attached hydrogen (secondary N) is 2. The molecular weight excluding hydrogens is 330 g/mol. The molecule has 1 saturated carbocycles. The summed E-state index contributed by atoms with van der Waals surface area (Å²) in [5, 5.41) is 5.42. The lowest BCUT2D eigenvalue weighted by Crippen LogP contribution is -2.52. The van der Waals surface area contributed by atoms with Crippen LogP contribution in [0, 0.1) is 0 Å². The lowest BCUT2D eigenvalue weighted by atomic mass is 9.82. The first-order valence-corrected chi connectivity index (χ1v) is 8.07. The van der Waals surface area contributed by atoms with Crippen molar-refractivity contribution in [1.82, 2.24) is 5.32 Å². The molecule has 24 heavy (non-hydrogen) atoms. The van der Waals surface area contributed by atoms with Gasteiger partial charge in [0.15, 0.2) is 0 Å². The van der Waals surface area contributed by atoms with E-state index in [1.54, 1.807) is 31.3 Å². The van der Waals surface area contributed by atoms with Crippen LogP contribution in [0.25, 0.3) is 0 Å². The maximum atomic E-state index is 12.3. The van der Waals surface area contributed by atoms with Crippen molar-refractivity contribution >= 4 is 29.9 Å². The molecule has 7 heteroatoms. The highest BCUT2D eigenvalue weighted by atomic mass is 35.5. The van der Waals surface area contributed by atoms with Crippen molar-refractivity contribution in [2.45, 2.75) is 44.1 Å². The Labute approximate surface area is 148 Å². The van der Waals surface area contributed by atoms with Crippen LogP contribution in [0.5, 0.6) is 5.75 Å². The van der Waals surface area contributed by atoms with Crippen LogP contribution in [0.15, 0.2) is 24.3 Å². The molecule has 0 atom stereocenters. The van der Waals surface area contributed by atoms with Gasteiger partial charge in [0.05, 0.1) is 18.6 Å². The maximum Gasteiger partial charge on any atom is 0.244 e. The third-order valence-electron chi connectivity index (χ3n) is 4.19. The number of nitrogens with two attached hydrogens (primary N) is 1. The number of hydrogen-bond acceptors (Lipinski definition) is 4. The zero-order chi connectivity index (χ0) is 16.7. The van der Waals surface area contributed by atoms with Crippen LogP contribution in [-0.4, -0.2) is 31.0 Å². The Morgan fingerprint density at radius 3 is 2.38 bits per heavy atom. The fraction of sp³-hybridized carbons (Fsp3) is 0.529. The van der Waals surface area contributed by atoms with Gasteiger partial charge in [0.2, 0.25) is 11.8 Å². The first kappa shape index (κ1) is 20.3. The summed E-state index contributed by atoms with van der Waals surface area (Å²) in [5.74, 6) is 0.479. The molecule has 1 fully saturated rings. The molecule has 0 radical (unpaired) electrons. The summed E-state index contributed by atoms with van der Waals surface area (Å²) >= 11 is 0. The van der Waals surface area contributed by atoms with E-state index < -0.39 is 5.54 Å². The van der Waals surface area contributed by atoms with E-state index in [0.717, 1.165) is 32.1 Å². The summed E-state index contributed by atoms with van der Waals surface area (Å²) in [6.07, 6.45) is 4.93. The first-order chi connectivity index (χ1) is 11.0. The Kier molecular flexibility index (Phi) is 8.01. The van der Waals surface area contributed by atoms with Gasteiger partial charge in [0, 0.05) is 12.7 Å². The first-order valence-electron chi connectivity index (χ1n) is 8.07. The van der Waals surface area contributed by atoms with Crippen LogP contribution in [0.4, 0.5) is 5.69 Å². The molecule has 1 aromatic rings. The van der Waals surface area contributed by atoms with E-state index in [1.165, 1.54) is 0 Å². The smallest absolute Gasteiger partial charge is 0.244 e. The second kappa shape index (κ2) is 9.49. The molecule has 1 aliphatic carbocycles. The Balaban J connectivity index is 0.00000288. The van der Waals surface area contributed by atoms with E-state index >= 15 is 0 Å². The maximum absolute atomic E-state index is 12.3. The lowest BCUT2D eigenvalue weighted by Gasteiger charge is -2.31. The van der Waals surface area contributed by atoms with E-state index in [0.29, 0.717) is 24.5 Å². The summed E-state index contributed by atoms with van der Waals surface area (Å²) in [5.41, 5.74) is 6.16. The third-order valence-corrected chi connectivity index (χ3v) is 4.19. The van der Waals surface area contributed by atoms with E-state index in [2.05, 4.69) is 10.6 Å². The van der Waals surface area contributed by atoms with E-state index in [4.69, 9.17) is 10.5 Å². The molecule has 0 saturated heterocycles. The molecule has 0 heterocycles. The van der Waals surface area contributed by atoms with Crippen molar-refractivity contribution in [3.8, 4) is 5.75 Å². The van der Waals surface area contributed by atoms with E-state index in [-0.39, 0.29) is 24.2 Å². The second-order valence-electron chi connectivity index (χ2n) is 5.97. The Morgan fingerprint density at radius 2 is 1.79 bits per heavy atom. The average molecular weight is 356 g/mol. The summed E-state index contributed by atoms with van der Waals surface area (Å²) in [6.45, 7) is 0.317. The number of ether oxygens (including phenoxy) is 1. The summed E-state index contributed by atoms with van der Waals surface area (Å²) in [7, 11) is 1.59. The molecule has 0 aliphatic heterocycles. The minimum atomic E-state index is -0.749. The molecule has 4 N–H and O–H groups in total. The Hall–Kier alpha value is -1.79. The van der Waals surface area contributed by atoms with Gasteiger partial charge < -0.3 is 21.1 Å². The van der Waals surface area contributed by atoms with Gasteiger partial charge in [-0.2, -0.15) is 0 Å². The number of anilines is 1. The number of rotatable bonds is 6. The minimum absolute atomic E-state index is 0. The molecule has 6 nitrogen and oxygen atoms in total. The third kappa shape index (κ3) is 5.69. The van der Waals surface area contributed by atoms with Gasteiger partial charge in [0.1, 0.15) is 5.75 Å². The van der Waals surface area contributed by atoms with Gasteiger partial charge in [-0.15, -0.1) is 12.4 Å². The monoisotopic (exact) mass is 355 g/mol. The second-order valence-corrected chi connectivity index (χ2v) is 5.97. The van der Waals surface area contributed by atoms with Crippen LogP contribution in [0.2, 0.25) is 0 Å². The molecule has 1 aromatic carbocycles. The van der Waals surface area contributed by atoms with Crippen molar-refractivity contribution in [2.24, 2.45) is 5.73 Å². The number of halogens is 1. The fourth-order valence-corrected chi connectivity index (χ4v) is 2.69. The summed E-state index contributed by atoms with van der Waals surface area (Å²) in [4.78, 5) is 23.4. The van der Waals surface area contributed by atoms with Crippen molar-refractivity contribution in [3.63, 3.8) is 0 Å². The fourth-order valence-electron chi connectivity index (χ4n) is 2.69. The molecule has 134 valence electrons. The largest absolute Gasteiger partial charge is 0.493 e. The molecule has 0 bridgehead atoms. The predicted octanol–water partition coefficient (Wildman–Crippen LogP) is 2.22. The van der Waals surface area contributed by atoms with Crippen LogP contribution >= 0.6 is 12.4 Å². The number of amides is 2. The zero-order valence-corrected chi connectivity index (χ0v) is 14.8. The average Bonchev–Trinajstić information content (AvgIpc) is 2.57. The van der Waals surface area contributed by atoms with Crippen molar-refractivity contribution < 1.29 is 14.3 Å². The molecule has 2 rings (SSSR count). The SMILES string of the molecule is CNC(=O)CCOc1ccc(NC(=O)C2(N)CCCCC2)cc1.Cl. The van der Waals surface area contributed by atoms with Crippen molar-refractivity contribution in [1.29, 1.82) is 0 Å². The standard InChI is InChI=1S/C17H25N3O3.ClH/c1-19-15(21)9-12-23-14-7-5-13(6-8-14)20-16(22)17(18)10-3-2-4-11-17;/h5-8H,2-4,9-12,18H2,1H3,(H,19,21)(H,20,22);1H. The van der Waals surface area contributed by atoms with Crippen LogP contribution in [0.1, 0.15) is 38.5 Å². The number of benzene rings is 1. The van der Waals surface area contributed by atoms with E-state index in [1.807, 2.05) is 0 Å². The van der Waals surface area contributed by atoms with Gasteiger partial charge in [-0.1, -0.05) is 19.3 Å². The quantitative estimate of drug-likeness (QED) is 0.729. The van der Waals surface area contributed by atoms with Gasteiger partial charge in [-0.25, -0.2) is 0 Å². The van der Waals surface area contributed by atoms with Gasteiger partial charge >= 0.3 is 0 Å². The van der Waals surface area contributed by atoms with Gasteiger partial charge in [-0.3, -0.25) is 9.59 Å². The van der Waals surface area contributed by atoms with Gasteiger partial charge in [-0.05, 0) is 37.1 Å². The summed E-state index contributed by atoms with van der Waals surface area (Å²) < 4.78 is 5.48. The highest BCUT2D eigenvalue weighted by Gasteiger charge is 2.35. The number of hydrogen-bond donors (Lipinski definition) is 3. The molecular formula is C17H26ClN3O3. The number of carbonyl (C=O) groups excluding carboxylic acids is 2. The molecule has 0 unspecified atom stereocenters. The van der Waals surface area contributed by atoms with Gasteiger partial charge in [0.25, 0.3) is 0 Å². The number of carbonyl (C=O) groups is 2. The molecule has 0 spiro atoms. The normalized spacial score (nSPS) is 15.8. The minimum Gasteiger partial charge on any atom is -0.493 e. The summed E-state index contributed by atoms with van der Waals surface area (Å²) in [6, 6.07) is 7.09. The van der Waals surface area contributed by atoms with Crippen LogP contribution in [0.3, 0.4) is 0 Å². The highest BCUT2D eigenvalue weighted by Crippen LogP contribution is 2.27. The highest BCUT2D eigenvalue weighted by molar-refractivity contribution is 5.98. The lowest BCUT2D eigenvalue weighted by molar-refractivity contribution is -0.122. The van der Waals surface area contributed by atoms with E-state index in [9.17, 15) is 9.59 Å². The topological polar surface area (TPSA) is 93.5 Å². The Morgan fingerprint density at radius 1 is 1.17 bits per heavy atom. The van der Waals surface area contributed by atoms with Crippen molar-refractivity contribution in [2.75, 3.05) is 19.0 Å². The van der Waals surface area contributed by atoms with Crippen LogP contribution < -0.4 is 21.1 Å². The molecule has 0 aromatic heterocycles. The Bertz CT molecular complexity index is 543. The van der Waals surface area contributed by atoms with Crippen molar-refractivity contribution in [3.05, 3.63) is 24.3 Å². The zero-order valence-electron chi connectivity index (χ0n) is 14.0. The molecule has 1 aliphatic rings. The molecule has 2 amide bonds. The predicted molar refractivity (Wildman–Crippen MR) is 96.5 cm³/mol. The van der Waals surface area contributed by atoms with Crippen LogP contribution in [-0.2, 0) is 9.59 Å².